The Labute approximate surface area is 205 Å². The van der Waals surface area contributed by atoms with Gasteiger partial charge in [-0.15, -0.1) is 0 Å². The SMILES string of the molecule is CC(c1ncnn1-c1ncccn1)N(CC1CC1)C(=O)c1cccc(-c2ccc(C(F)(F)F)cc2)c1. The van der Waals surface area contributed by atoms with Crippen molar-refractivity contribution >= 4 is 5.91 Å². The van der Waals surface area contributed by atoms with E-state index >= 15 is 0 Å². The zero-order valence-corrected chi connectivity index (χ0v) is 19.4. The normalized spacial score (nSPS) is 14.4. The second kappa shape index (κ2) is 9.52. The lowest BCUT2D eigenvalue weighted by Crippen LogP contribution is -2.36. The Balaban J connectivity index is 1.44. The van der Waals surface area contributed by atoms with Crippen LogP contribution in [0.1, 0.15) is 47.6 Å². The van der Waals surface area contributed by atoms with Crippen LogP contribution in [0.2, 0.25) is 0 Å². The first-order valence-corrected chi connectivity index (χ1v) is 11.6. The predicted molar refractivity (Wildman–Crippen MR) is 126 cm³/mol. The van der Waals surface area contributed by atoms with Gasteiger partial charge in [0, 0.05) is 24.5 Å². The minimum absolute atomic E-state index is 0.188. The van der Waals surface area contributed by atoms with Gasteiger partial charge in [-0.2, -0.15) is 23.0 Å². The van der Waals surface area contributed by atoms with Gasteiger partial charge in [-0.05, 0) is 67.1 Å². The minimum atomic E-state index is -4.40. The second-order valence-corrected chi connectivity index (χ2v) is 8.81. The number of amides is 1. The van der Waals surface area contributed by atoms with E-state index in [9.17, 15) is 18.0 Å². The standard InChI is InChI=1S/C26H23F3N6O/c1-17(23-32-16-33-35(23)25-30-12-3-13-31-25)34(15-18-6-7-18)24(36)21-5-2-4-20(14-21)19-8-10-22(11-9-19)26(27,28)29/h2-5,8-14,16-18H,6-7,15H2,1H3. The number of rotatable bonds is 7. The van der Waals surface area contributed by atoms with Gasteiger partial charge in [0.2, 0.25) is 0 Å². The predicted octanol–water partition coefficient (Wildman–Crippen LogP) is 5.36. The van der Waals surface area contributed by atoms with E-state index in [1.54, 1.807) is 47.6 Å². The third kappa shape index (κ3) is 4.98. The quantitative estimate of drug-likeness (QED) is 0.347. The number of hydrogen-bond donors (Lipinski definition) is 0. The van der Waals surface area contributed by atoms with Crippen LogP contribution in [0.4, 0.5) is 13.2 Å². The molecule has 1 amide bonds. The molecule has 7 nitrogen and oxygen atoms in total. The first kappa shape index (κ1) is 23.7. The highest BCUT2D eigenvalue weighted by Gasteiger charge is 2.33. The van der Waals surface area contributed by atoms with Crippen LogP contribution in [-0.4, -0.2) is 42.1 Å². The highest BCUT2D eigenvalue weighted by Crippen LogP contribution is 2.34. The molecule has 2 aromatic heterocycles. The Hall–Kier alpha value is -4.08. The Kier molecular flexibility index (Phi) is 6.26. The van der Waals surface area contributed by atoms with Crippen LogP contribution in [0.3, 0.4) is 0 Å². The van der Waals surface area contributed by atoms with Crippen molar-refractivity contribution in [3.8, 4) is 17.1 Å². The second-order valence-electron chi connectivity index (χ2n) is 8.81. The summed E-state index contributed by atoms with van der Waals surface area (Å²) in [6.07, 6.45) is 2.33. The van der Waals surface area contributed by atoms with Gasteiger partial charge < -0.3 is 4.90 Å². The molecule has 0 aliphatic heterocycles. The molecule has 2 heterocycles. The van der Waals surface area contributed by atoms with Gasteiger partial charge in [0.15, 0.2) is 5.82 Å². The lowest BCUT2D eigenvalue weighted by molar-refractivity contribution is -0.137. The molecule has 1 saturated carbocycles. The van der Waals surface area contributed by atoms with Crippen molar-refractivity contribution in [3.05, 3.63) is 90.3 Å². The fraction of sp³-hybridized carbons (Fsp3) is 0.269. The number of carbonyl (C=O) groups excluding carboxylic acids is 1. The van der Waals surface area contributed by atoms with Gasteiger partial charge >= 0.3 is 6.18 Å². The zero-order valence-electron chi connectivity index (χ0n) is 19.4. The number of benzene rings is 2. The Morgan fingerprint density at radius 2 is 1.75 bits per heavy atom. The molecule has 1 aliphatic rings. The van der Waals surface area contributed by atoms with Crippen molar-refractivity contribution in [2.24, 2.45) is 5.92 Å². The summed E-state index contributed by atoms with van der Waals surface area (Å²) >= 11 is 0. The van der Waals surface area contributed by atoms with Crippen molar-refractivity contribution in [1.29, 1.82) is 0 Å². The summed E-state index contributed by atoms with van der Waals surface area (Å²) in [6, 6.07) is 13.1. The van der Waals surface area contributed by atoms with E-state index in [1.807, 2.05) is 6.92 Å². The van der Waals surface area contributed by atoms with E-state index in [2.05, 4.69) is 20.1 Å². The van der Waals surface area contributed by atoms with Crippen LogP contribution >= 0.6 is 0 Å². The molecule has 1 aliphatic carbocycles. The van der Waals surface area contributed by atoms with Crippen LogP contribution in [0.15, 0.2) is 73.3 Å². The van der Waals surface area contributed by atoms with Gasteiger partial charge in [0.05, 0.1) is 11.6 Å². The van der Waals surface area contributed by atoms with E-state index in [0.29, 0.717) is 40.9 Å². The van der Waals surface area contributed by atoms with Crippen LogP contribution < -0.4 is 0 Å². The molecule has 184 valence electrons. The molecular formula is C26H23F3N6O. The van der Waals surface area contributed by atoms with Crippen molar-refractivity contribution in [3.63, 3.8) is 0 Å². The molecule has 10 heteroatoms. The first-order valence-electron chi connectivity index (χ1n) is 11.6. The molecular weight excluding hydrogens is 469 g/mol. The van der Waals surface area contributed by atoms with Gasteiger partial charge in [0.1, 0.15) is 6.33 Å². The fourth-order valence-corrected chi connectivity index (χ4v) is 4.07. The van der Waals surface area contributed by atoms with Crippen LogP contribution in [0.25, 0.3) is 17.1 Å². The Morgan fingerprint density at radius 3 is 2.42 bits per heavy atom. The van der Waals surface area contributed by atoms with Gasteiger partial charge in [-0.1, -0.05) is 24.3 Å². The largest absolute Gasteiger partial charge is 0.416 e. The molecule has 0 bridgehead atoms. The summed E-state index contributed by atoms with van der Waals surface area (Å²) in [7, 11) is 0. The van der Waals surface area contributed by atoms with Gasteiger partial charge in [-0.3, -0.25) is 4.79 Å². The average molecular weight is 493 g/mol. The maximum Gasteiger partial charge on any atom is 0.416 e. The number of hydrogen-bond acceptors (Lipinski definition) is 5. The number of halogens is 3. The van der Waals surface area contributed by atoms with Crippen molar-refractivity contribution in [2.75, 3.05) is 6.54 Å². The smallest absolute Gasteiger partial charge is 0.328 e. The van der Waals surface area contributed by atoms with Crippen LogP contribution in [0, 0.1) is 5.92 Å². The molecule has 36 heavy (non-hydrogen) atoms. The summed E-state index contributed by atoms with van der Waals surface area (Å²) in [5.74, 6) is 1.12. The Bertz CT molecular complexity index is 1350. The van der Waals surface area contributed by atoms with E-state index in [0.717, 1.165) is 25.0 Å². The van der Waals surface area contributed by atoms with Gasteiger partial charge in [-0.25, -0.2) is 15.0 Å². The van der Waals surface area contributed by atoms with E-state index < -0.39 is 17.8 Å². The summed E-state index contributed by atoms with van der Waals surface area (Å²) in [5, 5.41) is 4.26. The number of aromatic nitrogens is 5. The van der Waals surface area contributed by atoms with Crippen LogP contribution in [-0.2, 0) is 6.18 Å². The highest BCUT2D eigenvalue weighted by molar-refractivity contribution is 5.95. The molecule has 2 aromatic carbocycles. The molecule has 5 rings (SSSR count). The molecule has 1 fully saturated rings. The number of alkyl halides is 3. The lowest BCUT2D eigenvalue weighted by Gasteiger charge is -2.29. The third-order valence-electron chi connectivity index (χ3n) is 6.22. The molecule has 0 spiro atoms. The van der Waals surface area contributed by atoms with Crippen molar-refractivity contribution < 1.29 is 18.0 Å². The maximum atomic E-state index is 13.8. The van der Waals surface area contributed by atoms with Gasteiger partial charge in [0.25, 0.3) is 11.9 Å². The summed E-state index contributed by atoms with van der Waals surface area (Å²) in [5.41, 5.74) is 0.992. The third-order valence-corrected chi connectivity index (χ3v) is 6.22. The fourth-order valence-electron chi connectivity index (χ4n) is 4.07. The number of nitrogens with zero attached hydrogens (tertiary/aromatic N) is 6. The monoisotopic (exact) mass is 492 g/mol. The molecule has 0 radical (unpaired) electrons. The zero-order chi connectivity index (χ0) is 25.3. The van der Waals surface area contributed by atoms with E-state index in [1.165, 1.54) is 23.1 Å². The van der Waals surface area contributed by atoms with Crippen LogP contribution in [0.5, 0.6) is 0 Å². The maximum absolute atomic E-state index is 13.8. The summed E-state index contributed by atoms with van der Waals surface area (Å²) < 4.78 is 40.4. The average Bonchev–Trinajstić information content (AvgIpc) is 3.59. The molecule has 4 aromatic rings. The van der Waals surface area contributed by atoms with E-state index in [-0.39, 0.29) is 5.91 Å². The molecule has 0 N–H and O–H groups in total. The van der Waals surface area contributed by atoms with E-state index in [4.69, 9.17) is 0 Å². The summed E-state index contributed by atoms with van der Waals surface area (Å²) in [6.45, 7) is 2.45. The molecule has 1 unspecified atom stereocenters. The minimum Gasteiger partial charge on any atom is -0.328 e. The first-order chi connectivity index (χ1) is 17.3. The van der Waals surface area contributed by atoms with Crippen molar-refractivity contribution in [2.45, 2.75) is 32.0 Å². The number of carbonyl (C=O) groups is 1. The highest BCUT2D eigenvalue weighted by atomic mass is 19.4. The Morgan fingerprint density at radius 1 is 1.03 bits per heavy atom. The molecule has 0 saturated heterocycles. The summed E-state index contributed by atoms with van der Waals surface area (Å²) in [4.78, 5) is 28.4. The van der Waals surface area contributed by atoms with Crippen molar-refractivity contribution in [1.82, 2.24) is 29.6 Å². The molecule has 1 atom stereocenters. The lowest BCUT2D eigenvalue weighted by atomic mass is 10.0. The topological polar surface area (TPSA) is 76.8 Å².